The molecule has 0 aliphatic rings. The van der Waals surface area contributed by atoms with Gasteiger partial charge in [0.05, 0.1) is 70.3 Å². The third kappa shape index (κ3) is 66.2. The van der Waals surface area contributed by atoms with Crippen LogP contribution in [0.15, 0.2) is 72.8 Å². The molecule has 11 nitrogen and oxygen atoms in total. The Morgan fingerprint density at radius 2 is 0.694 bits per heavy atom. The predicted molar refractivity (Wildman–Crippen MR) is 262 cm³/mol. The van der Waals surface area contributed by atoms with Crippen LogP contribution in [0.5, 0.6) is 0 Å². The summed E-state index contributed by atoms with van der Waals surface area (Å²) < 4.78 is 26.8. The number of rotatable bonds is 21. The third-order valence-corrected chi connectivity index (χ3v) is 8.40. The number of benzene rings is 3. The number of aliphatic hydroxyl groups excluding tert-OH is 3. The number of alkyl halides is 6. The van der Waals surface area contributed by atoms with E-state index in [9.17, 15) is 5.11 Å². The Labute approximate surface area is 460 Å². The number of halogens is 6. The molecule has 3 aromatic carbocycles. The quantitative estimate of drug-likeness (QED) is 0.0378. The predicted octanol–water partition coefficient (Wildman–Crippen LogP) is 0.252. The Kier molecular flexibility index (Phi) is 101. The summed E-state index contributed by atoms with van der Waals surface area (Å²) in [5, 5.41) is 43.6. The third-order valence-electron chi connectivity index (χ3n) is 5.81. The number of ether oxygens (including phenoxy) is 5. The Hall–Kier alpha value is 1.89. The molecule has 0 radical (unpaired) electrons. The van der Waals surface area contributed by atoms with Crippen LogP contribution in [0, 0.1) is 13.8 Å². The van der Waals surface area contributed by atoms with Crippen molar-refractivity contribution in [3.05, 3.63) is 120 Å². The molecule has 0 aliphatic heterocycles. The maximum Gasteiger partial charge on any atom is 1.00 e. The summed E-state index contributed by atoms with van der Waals surface area (Å²) in [6, 6.07) is 25.3. The first-order chi connectivity index (χ1) is 27.7. The molecule has 0 amide bonds. The van der Waals surface area contributed by atoms with Crippen molar-refractivity contribution in [2.45, 2.75) is 55.3 Å². The van der Waals surface area contributed by atoms with E-state index >= 15 is 0 Å². The van der Waals surface area contributed by atoms with E-state index in [1.165, 1.54) is 33.4 Å². The second-order valence-electron chi connectivity index (χ2n) is 10.3. The monoisotopic (exact) mass is 1240 g/mol. The zero-order chi connectivity index (χ0) is 43.6. The van der Waals surface area contributed by atoms with Crippen LogP contribution in [0.25, 0.3) is 0 Å². The Morgan fingerprint density at radius 1 is 0.468 bits per heavy atom. The molecule has 0 bridgehead atoms. The van der Waals surface area contributed by atoms with Gasteiger partial charge in [-0.1, -0.05) is 189 Å². The average Bonchev–Trinajstić information content (AvgIpc) is 3.24. The number of aliphatic hydroxyl groups is 4. The molecule has 62 heavy (non-hydrogen) atoms. The van der Waals surface area contributed by atoms with Crippen molar-refractivity contribution in [2.75, 3.05) is 83.7 Å². The van der Waals surface area contributed by atoms with Gasteiger partial charge in [-0.05, 0) is 33.4 Å². The molecular formula is C42H68Br6Li3O11-. The smallest absolute Gasteiger partial charge is 0.870 e. The van der Waals surface area contributed by atoms with E-state index < -0.39 is 6.79 Å². The summed E-state index contributed by atoms with van der Waals surface area (Å²) in [7, 11) is 0. The molecule has 348 valence electrons. The summed E-state index contributed by atoms with van der Waals surface area (Å²) in [6.45, 7) is 12.9. The summed E-state index contributed by atoms with van der Waals surface area (Å²) in [4.78, 5) is 0. The van der Waals surface area contributed by atoms with Gasteiger partial charge < -0.3 is 68.5 Å². The van der Waals surface area contributed by atoms with Crippen LogP contribution in [0.3, 0.4) is 0 Å². The summed E-state index contributed by atoms with van der Waals surface area (Å²) in [6.07, 6.45) is 1.00. The fourth-order valence-electron chi connectivity index (χ4n) is 3.28. The summed E-state index contributed by atoms with van der Waals surface area (Å²) in [5.74, 6) is 0. The molecule has 0 aromatic heterocycles. The van der Waals surface area contributed by atoms with Crippen molar-refractivity contribution in [1.82, 2.24) is 0 Å². The molecular weight excluding hydrogens is 1180 g/mol. The summed E-state index contributed by atoms with van der Waals surface area (Å²) >= 11 is 19.8. The number of hydrogen-bond donors (Lipinski definition) is 4. The Balaban J connectivity index is -0.0000000905. The van der Waals surface area contributed by atoms with Crippen LogP contribution in [-0.2, 0) is 58.2 Å². The van der Waals surface area contributed by atoms with Gasteiger partial charge in [0, 0.05) is 27.9 Å². The van der Waals surface area contributed by atoms with Crippen LogP contribution in [0.4, 0.5) is 0 Å². The molecule has 0 fully saturated rings. The molecule has 0 spiro atoms. The molecule has 0 heterocycles. The van der Waals surface area contributed by atoms with Crippen molar-refractivity contribution >= 4 is 95.6 Å². The second kappa shape index (κ2) is 74.4. The van der Waals surface area contributed by atoms with E-state index in [4.69, 9.17) is 34.6 Å². The maximum absolute atomic E-state index is 9.54. The van der Waals surface area contributed by atoms with Gasteiger partial charge in [0.25, 0.3) is 0 Å². The summed E-state index contributed by atoms with van der Waals surface area (Å²) in [5.41, 5.74) is 7.55. The van der Waals surface area contributed by atoms with Crippen LogP contribution in [0.2, 0.25) is 0 Å². The molecule has 0 aliphatic carbocycles. The molecule has 0 saturated heterocycles. The van der Waals surface area contributed by atoms with Gasteiger partial charge in [0.2, 0.25) is 0 Å². The van der Waals surface area contributed by atoms with Gasteiger partial charge >= 0.3 is 56.6 Å². The molecule has 0 saturated carbocycles. The minimum atomic E-state index is -0.750. The fraction of sp³-hybridized carbons (Fsp3) is 0.524. The van der Waals surface area contributed by atoms with Crippen LogP contribution in [0.1, 0.15) is 54.2 Å². The zero-order valence-electron chi connectivity index (χ0n) is 36.4. The molecule has 5 N–H and O–H groups in total. The van der Waals surface area contributed by atoms with Crippen LogP contribution >= 0.6 is 95.6 Å². The van der Waals surface area contributed by atoms with Gasteiger partial charge in [0.15, 0.2) is 0 Å². The van der Waals surface area contributed by atoms with E-state index in [0.29, 0.717) is 66.1 Å². The van der Waals surface area contributed by atoms with Crippen molar-refractivity contribution in [3.63, 3.8) is 0 Å². The molecule has 0 atom stereocenters. The van der Waals surface area contributed by atoms with Gasteiger partial charge in [0.1, 0.15) is 6.79 Å². The first-order valence-corrected chi connectivity index (χ1v) is 24.6. The molecule has 3 aromatic rings. The molecule has 3 rings (SSSR count). The Bertz CT molecular complexity index is 1070. The maximum atomic E-state index is 9.54. The minimum Gasteiger partial charge on any atom is -0.870 e. The van der Waals surface area contributed by atoms with Crippen molar-refractivity contribution in [3.8, 4) is 0 Å². The first kappa shape index (κ1) is 83.9. The SMILES string of the molecule is BrCBr.BrCc1ccc(CBr)cc1.BrCc1ccc(COCCOCCOCc2ccc(CBr)cc2)cc1.C.OCCOCCO.OCO.[CH2-]CC.[CH2-]COCC[O-].[Li+].[Li+].[Li+].[OH-]. The topological polar surface area (TPSA) is 180 Å². The fourth-order valence-corrected chi connectivity index (χ4v) is 4.77. The zero-order valence-corrected chi connectivity index (χ0v) is 46.0. The second-order valence-corrected chi connectivity index (χ2v) is 15.2. The number of hydrogen-bond acceptors (Lipinski definition) is 11. The van der Waals surface area contributed by atoms with Crippen molar-refractivity contribution in [2.24, 2.45) is 0 Å². The van der Waals surface area contributed by atoms with Crippen LogP contribution < -0.4 is 61.7 Å². The van der Waals surface area contributed by atoms with Gasteiger partial charge in [-0.25, -0.2) is 0 Å². The average molecular weight is 1250 g/mol. The van der Waals surface area contributed by atoms with Gasteiger partial charge in [-0.15, -0.1) is 6.61 Å². The van der Waals surface area contributed by atoms with Gasteiger partial charge in [-0.3, -0.25) is 0 Å². The van der Waals surface area contributed by atoms with Crippen molar-refractivity contribution in [1.29, 1.82) is 0 Å². The first-order valence-electron chi connectivity index (χ1n) is 17.8. The normalized spacial score (nSPS) is 8.81. The van der Waals surface area contributed by atoms with E-state index in [1.807, 2.05) is 6.92 Å². The van der Waals surface area contributed by atoms with Crippen LogP contribution in [-0.4, -0.2) is 110 Å². The van der Waals surface area contributed by atoms with E-state index in [1.54, 1.807) is 0 Å². The van der Waals surface area contributed by atoms with E-state index in [-0.39, 0.29) is 89.3 Å². The van der Waals surface area contributed by atoms with E-state index in [2.05, 4.69) is 192 Å². The molecule has 20 heteroatoms. The standard InChI is InChI=1S/C20H24Br2O3.C8H8Br2.C4H10O3.C4H8O2.C3H7.CH2Br2.CH4O2.CH4.3Li.H2O/c21-13-17-1-5-19(6-2-17)15-24-11-9-23-10-12-25-16-20-7-3-18(14-22)4-8-20;9-5-7-1-2-8(6-10)4-3-7;5-1-3-7-4-2-6;1-2-6-4-3-5;1-3-2;2*2-1-3;;;;;/h1-8H,9-16H2;1-4H,5-6H2;5-6H,1-4H2;1-4H2;1,3H2,2H3;1H2;2-3H,1H2;1H4;;;;1H2/q;;;-2;-1;;;;3*+1;/p-1. The van der Waals surface area contributed by atoms with E-state index in [0.717, 1.165) is 32.0 Å². The molecule has 0 unspecified atom stereocenters. The largest absolute Gasteiger partial charge is 1.00 e. The van der Waals surface area contributed by atoms with Crippen molar-refractivity contribution < 1.29 is 111 Å². The minimum absolute atomic E-state index is 0. The Morgan fingerprint density at radius 3 is 0.887 bits per heavy atom. The van der Waals surface area contributed by atoms with Gasteiger partial charge in [-0.2, -0.15) is 6.42 Å².